The lowest BCUT2D eigenvalue weighted by molar-refractivity contribution is -0.116. The monoisotopic (exact) mass is 279 g/mol. The number of carbonyl (C=O) groups is 2. The smallest absolute Gasteiger partial charge is 0.341 e. The van der Waals surface area contributed by atoms with Gasteiger partial charge < -0.3 is 14.5 Å². The zero-order chi connectivity index (χ0) is 15.1. The van der Waals surface area contributed by atoms with E-state index < -0.39 is 5.97 Å². The van der Waals surface area contributed by atoms with Gasteiger partial charge in [-0.05, 0) is 31.4 Å². The molecule has 0 aliphatic rings. The van der Waals surface area contributed by atoms with E-state index >= 15 is 0 Å². The molecule has 0 aliphatic heterocycles. The first kappa shape index (κ1) is 16.0. The fourth-order valence-electron chi connectivity index (χ4n) is 1.60. The second-order valence-electron chi connectivity index (χ2n) is 4.92. The summed E-state index contributed by atoms with van der Waals surface area (Å²) in [4.78, 5) is 23.0. The number of rotatable bonds is 6. The molecule has 1 aromatic heterocycles. The van der Waals surface area contributed by atoms with Crippen LogP contribution in [0.1, 0.15) is 42.1 Å². The van der Waals surface area contributed by atoms with Gasteiger partial charge in [0.2, 0.25) is 5.91 Å². The predicted octanol–water partition coefficient (Wildman–Crippen LogP) is 2.55. The third-order valence-corrected chi connectivity index (χ3v) is 2.76. The summed E-state index contributed by atoms with van der Waals surface area (Å²) in [5.41, 5.74) is 0.368. The van der Waals surface area contributed by atoms with Gasteiger partial charge in [-0.1, -0.05) is 13.8 Å². The highest BCUT2D eigenvalue weighted by Gasteiger charge is 2.14. The molecule has 0 fully saturated rings. The third kappa shape index (κ3) is 4.91. The highest BCUT2D eigenvalue weighted by atomic mass is 16.5. The van der Waals surface area contributed by atoms with Gasteiger partial charge in [0.15, 0.2) is 0 Å². The van der Waals surface area contributed by atoms with Crippen molar-refractivity contribution in [3.05, 3.63) is 29.2 Å². The quantitative estimate of drug-likeness (QED) is 0.642. The molecule has 0 saturated carbocycles. The summed E-state index contributed by atoms with van der Waals surface area (Å²) in [6, 6.07) is 1.55. The van der Waals surface area contributed by atoms with Gasteiger partial charge in [0.05, 0.1) is 7.11 Å². The van der Waals surface area contributed by atoms with Crippen LogP contribution in [0.25, 0.3) is 6.08 Å². The van der Waals surface area contributed by atoms with E-state index in [1.807, 2.05) is 0 Å². The van der Waals surface area contributed by atoms with E-state index in [0.29, 0.717) is 29.5 Å². The highest BCUT2D eigenvalue weighted by Crippen LogP contribution is 2.16. The number of ether oxygens (including phenoxy) is 1. The Kier molecular flexibility index (Phi) is 6.03. The Morgan fingerprint density at radius 2 is 2.15 bits per heavy atom. The second kappa shape index (κ2) is 7.53. The molecule has 1 rings (SSSR count). The Morgan fingerprint density at radius 3 is 2.75 bits per heavy atom. The lowest BCUT2D eigenvalue weighted by Crippen LogP contribution is -2.23. The summed E-state index contributed by atoms with van der Waals surface area (Å²) < 4.78 is 9.99. The number of hydrogen-bond donors (Lipinski definition) is 1. The van der Waals surface area contributed by atoms with Gasteiger partial charge in [-0.15, -0.1) is 0 Å². The first-order chi connectivity index (χ1) is 9.43. The minimum absolute atomic E-state index is 0.181. The molecular formula is C15H21NO4. The average molecular weight is 279 g/mol. The summed E-state index contributed by atoms with van der Waals surface area (Å²) >= 11 is 0. The number of carbonyl (C=O) groups excluding carboxylic acids is 2. The third-order valence-electron chi connectivity index (χ3n) is 2.76. The molecule has 0 spiro atoms. The summed E-state index contributed by atoms with van der Waals surface area (Å²) in [7, 11) is 1.31. The minimum atomic E-state index is -0.452. The predicted molar refractivity (Wildman–Crippen MR) is 76.3 cm³/mol. The Labute approximate surface area is 119 Å². The van der Waals surface area contributed by atoms with Crippen LogP contribution in [0.5, 0.6) is 0 Å². The summed E-state index contributed by atoms with van der Waals surface area (Å²) in [5.74, 6) is 0.833. The van der Waals surface area contributed by atoms with E-state index in [2.05, 4.69) is 23.9 Å². The molecule has 5 nitrogen and oxygen atoms in total. The molecule has 5 heteroatoms. The van der Waals surface area contributed by atoms with Crippen LogP contribution < -0.4 is 5.32 Å². The lowest BCUT2D eigenvalue weighted by Gasteiger charge is -2.04. The molecule has 0 bridgehead atoms. The Hall–Kier alpha value is -2.04. The number of aryl methyl sites for hydroxylation is 1. The van der Waals surface area contributed by atoms with Crippen molar-refractivity contribution in [3.8, 4) is 0 Å². The summed E-state index contributed by atoms with van der Waals surface area (Å²) in [5, 5.41) is 2.78. The number of esters is 1. The van der Waals surface area contributed by atoms with Crippen molar-refractivity contribution in [2.75, 3.05) is 13.7 Å². The first-order valence-electron chi connectivity index (χ1n) is 6.58. The van der Waals surface area contributed by atoms with Crippen LogP contribution in [0.15, 0.2) is 16.6 Å². The van der Waals surface area contributed by atoms with Gasteiger partial charge in [0.1, 0.15) is 17.1 Å². The van der Waals surface area contributed by atoms with Gasteiger partial charge in [-0.25, -0.2) is 4.79 Å². The zero-order valence-corrected chi connectivity index (χ0v) is 12.4. The molecule has 0 saturated heterocycles. The highest BCUT2D eigenvalue weighted by molar-refractivity contribution is 5.93. The molecule has 110 valence electrons. The van der Waals surface area contributed by atoms with Crippen LogP contribution in [-0.2, 0) is 9.53 Å². The van der Waals surface area contributed by atoms with Crippen molar-refractivity contribution in [2.45, 2.75) is 27.2 Å². The fourth-order valence-corrected chi connectivity index (χ4v) is 1.60. The molecule has 1 amide bonds. The van der Waals surface area contributed by atoms with Crippen molar-refractivity contribution in [3.63, 3.8) is 0 Å². The maximum absolute atomic E-state index is 11.5. The van der Waals surface area contributed by atoms with Crippen LogP contribution in [0, 0.1) is 12.8 Å². The molecule has 0 radical (unpaired) electrons. The summed E-state index contributed by atoms with van der Waals surface area (Å²) in [6.07, 6.45) is 3.86. The van der Waals surface area contributed by atoms with E-state index in [1.165, 1.54) is 19.3 Å². The van der Waals surface area contributed by atoms with Gasteiger partial charge >= 0.3 is 5.97 Å². The molecule has 20 heavy (non-hydrogen) atoms. The van der Waals surface area contributed by atoms with Crippen molar-refractivity contribution >= 4 is 18.0 Å². The molecule has 1 heterocycles. The Morgan fingerprint density at radius 1 is 1.45 bits per heavy atom. The molecule has 1 aromatic rings. The maximum atomic E-state index is 11.5. The number of amides is 1. The van der Waals surface area contributed by atoms with Crippen LogP contribution in [-0.4, -0.2) is 25.5 Å². The number of nitrogens with one attached hydrogen (secondary N) is 1. The van der Waals surface area contributed by atoms with Gasteiger partial charge in [-0.3, -0.25) is 4.79 Å². The van der Waals surface area contributed by atoms with Gasteiger partial charge in [-0.2, -0.15) is 0 Å². The second-order valence-corrected chi connectivity index (χ2v) is 4.92. The van der Waals surface area contributed by atoms with Crippen LogP contribution in [0.3, 0.4) is 0 Å². The van der Waals surface area contributed by atoms with Crippen LogP contribution >= 0.6 is 0 Å². The molecular weight excluding hydrogens is 258 g/mol. The zero-order valence-electron chi connectivity index (χ0n) is 12.4. The number of hydrogen-bond acceptors (Lipinski definition) is 4. The maximum Gasteiger partial charge on any atom is 0.341 e. The first-order valence-corrected chi connectivity index (χ1v) is 6.58. The molecule has 0 unspecified atom stereocenters. The molecule has 1 N–H and O–H groups in total. The van der Waals surface area contributed by atoms with Crippen molar-refractivity contribution < 1.29 is 18.7 Å². The molecule has 0 aromatic carbocycles. The van der Waals surface area contributed by atoms with Gasteiger partial charge in [0, 0.05) is 12.6 Å². The van der Waals surface area contributed by atoms with Crippen molar-refractivity contribution in [1.82, 2.24) is 5.32 Å². The van der Waals surface area contributed by atoms with E-state index in [9.17, 15) is 9.59 Å². The normalized spacial score (nSPS) is 11.1. The Bertz CT molecular complexity index is 500. The lowest BCUT2D eigenvalue weighted by atomic mass is 10.1. The largest absolute Gasteiger partial charge is 0.465 e. The van der Waals surface area contributed by atoms with E-state index in [0.717, 1.165) is 6.42 Å². The number of methoxy groups -OCH3 is 1. The standard InChI is InChI=1S/C15H21NO4/c1-10(2)7-8-16-14(17)6-5-12-9-13(11(3)20-12)15(18)19-4/h5-6,9-10H,7-8H2,1-4H3,(H,16,17)/b6-5+. The van der Waals surface area contributed by atoms with Crippen LogP contribution in [0.2, 0.25) is 0 Å². The van der Waals surface area contributed by atoms with E-state index in [-0.39, 0.29) is 5.91 Å². The Balaban J connectivity index is 2.58. The summed E-state index contributed by atoms with van der Waals surface area (Å²) in [6.45, 7) is 6.52. The van der Waals surface area contributed by atoms with E-state index in [4.69, 9.17) is 4.42 Å². The molecule has 0 atom stereocenters. The topological polar surface area (TPSA) is 68.5 Å². The van der Waals surface area contributed by atoms with Crippen molar-refractivity contribution in [2.24, 2.45) is 5.92 Å². The van der Waals surface area contributed by atoms with Crippen LogP contribution in [0.4, 0.5) is 0 Å². The fraction of sp³-hybridized carbons (Fsp3) is 0.467. The minimum Gasteiger partial charge on any atom is -0.465 e. The van der Waals surface area contributed by atoms with E-state index in [1.54, 1.807) is 13.0 Å². The SMILES string of the molecule is COC(=O)c1cc(/C=C/C(=O)NCCC(C)C)oc1C. The van der Waals surface area contributed by atoms with Crippen molar-refractivity contribution in [1.29, 1.82) is 0 Å². The molecule has 0 aliphatic carbocycles. The number of furan rings is 1. The average Bonchev–Trinajstić information content (AvgIpc) is 2.76. The van der Waals surface area contributed by atoms with Gasteiger partial charge in [0.25, 0.3) is 0 Å².